The monoisotopic (exact) mass is 433 g/mol. The van der Waals surface area contributed by atoms with Crippen LogP contribution in [-0.4, -0.2) is 23.3 Å². The second-order valence-electron chi connectivity index (χ2n) is 9.54. The summed E-state index contributed by atoms with van der Waals surface area (Å²) in [4.78, 5) is 5.10. The molecule has 0 N–H and O–H groups in total. The van der Waals surface area contributed by atoms with Crippen molar-refractivity contribution in [3.8, 4) is 33.6 Å². The molecule has 1 fully saturated rings. The second kappa shape index (κ2) is 8.29. The summed E-state index contributed by atoms with van der Waals surface area (Å²) in [5, 5.41) is 0. The topological polar surface area (TPSA) is 31.4 Å². The minimum Gasteiger partial charge on any atom is -0.399 e. The molecule has 0 unspecified atom stereocenters. The molecule has 0 atom stereocenters. The summed E-state index contributed by atoms with van der Waals surface area (Å²) in [6.45, 7) is 8.32. The van der Waals surface area contributed by atoms with E-state index in [1.807, 2.05) is 24.3 Å². The van der Waals surface area contributed by atoms with Gasteiger partial charge in [-0.25, -0.2) is 4.98 Å². The van der Waals surface area contributed by atoms with E-state index >= 15 is 0 Å². The highest BCUT2D eigenvalue weighted by atomic mass is 16.7. The quantitative estimate of drug-likeness (QED) is 0.350. The molecule has 4 aromatic rings. The molecule has 4 heteroatoms. The van der Waals surface area contributed by atoms with Crippen molar-refractivity contribution in [1.29, 1.82) is 0 Å². The first-order chi connectivity index (χ1) is 15.8. The van der Waals surface area contributed by atoms with Gasteiger partial charge in [-0.1, -0.05) is 91.0 Å². The lowest BCUT2D eigenvalue weighted by Crippen LogP contribution is -2.41. The van der Waals surface area contributed by atoms with E-state index in [2.05, 4.69) is 100 Å². The minimum absolute atomic E-state index is 0.373. The molecule has 0 saturated carbocycles. The van der Waals surface area contributed by atoms with Gasteiger partial charge in [-0.15, -0.1) is 0 Å². The molecule has 1 saturated heterocycles. The summed E-state index contributed by atoms with van der Waals surface area (Å²) in [6, 6.07) is 33.3. The maximum Gasteiger partial charge on any atom is 0.494 e. The molecular weight excluding hydrogens is 405 g/mol. The third-order valence-electron chi connectivity index (χ3n) is 6.74. The lowest BCUT2D eigenvalue weighted by molar-refractivity contribution is 0.00578. The number of aromatic nitrogens is 1. The van der Waals surface area contributed by atoms with E-state index in [9.17, 15) is 0 Å². The Morgan fingerprint density at radius 3 is 1.82 bits per heavy atom. The van der Waals surface area contributed by atoms with Crippen molar-refractivity contribution in [2.75, 3.05) is 0 Å². The normalized spacial score (nSPS) is 16.7. The molecule has 0 amide bonds. The highest BCUT2D eigenvalue weighted by Gasteiger charge is 2.51. The number of pyridine rings is 1. The van der Waals surface area contributed by atoms with Gasteiger partial charge >= 0.3 is 7.12 Å². The van der Waals surface area contributed by atoms with Gasteiger partial charge in [0.2, 0.25) is 0 Å². The Morgan fingerprint density at radius 1 is 0.606 bits per heavy atom. The molecule has 0 bridgehead atoms. The molecule has 0 spiro atoms. The number of hydrogen-bond acceptors (Lipinski definition) is 3. The summed E-state index contributed by atoms with van der Waals surface area (Å²) in [6.07, 6.45) is 0. The molecule has 1 aromatic heterocycles. The third kappa shape index (κ3) is 4.12. The van der Waals surface area contributed by atoms with E-state index in [1.54, 1.807) is 0 Å². The van der Waals surface area contributed by atoms with E-state index in [0.717, 1.165) is 39.1 Å². The highest BCUT2D eigenvalue weighted by molar-refractivity contribution is 6.62. The Hall–Kier alpha value is -3.21. The van der Waals surface area contributed by atoms with E-state index < -0.39 is 7.12 Å². The molecule has 3 aromatic carbocycles. The van der Waals surface area contributed by atoms with Crippen molar-refractivity contribution >= 4 is 12.6 Å². The SMILES string of the molecule is CC1(C)OB(c2cccc(-c3ccc(-c4ccccc4)nc3-c3ccccc3)c2)OC1(C)C. The molecule has 3 nitrogen and oxygen atoms in total. The Morgan fingerprint density at radius 2 is 1.18 bits per heavy atom. The predicted molar refractivity (Wildman–Crippen MR) is 136 cm³/mol. The van der Waals surface area contributed by atoms with Gasteiger partial charge in [0, 0.05) is 16.7 Å². The summed E-state index contributed by atoms with van der Waals surface area (Å²) in [7, 11) is -0.397. The van der Waals surface area contributed by atoms with E-state index in [-0.39, 0.29) is 11.2 Å². The molecule has 5 rings (SSSR count). The first-order valence-corrected chi connectivity index (χ1v) is 11.4. The maximum atomic E-state index is 6.29. The zero-order valence-electron chi connectivity index (χ0n) is 19.6. The third-order valence-corrected chi connectivity index (χ3v) is 6.74. The Bertz CT molecular complexity index is 1250. The van der Waals surface area contributed by atoms with Crippen molar-refractivity contribution in [3.63, 3.8) is 0 Å². The Kier molecular flexibility index (Phi) is 5.44. The largest absolute Gasteiger partial charge is 0.494 e. The number of benzene rings is 3. The average Bonchev–Trinajstić information content (AvgIpc) is 3.06. The second-order valence-corrected chi connectivity index (χ2v) is 9.54. The van der Waals surface area contributed by atoms with E-state index in [0.29, 0.717) is 0 Å². The zero-order chi connectivity index (χ0) is 23.1. The van der Waals surface area contributed by atoms with E-state index in [4.69, 9.17) is 14.3 Å². The van der Waals surface area contributed by atoms with Crippen LogP contribution in [0.4, 0.5) is 0 Å². The predicted octanol–water partition coefficient (Wildman–Crippen LogP) is 6.38. The molecule has 0 aliphatic carbocycles. The maximum absolute atomic E-state index is 6.29. The molecular formula is C29H28BNO2. The van der Waals surface area contributed by atoms with Gasteiger partial charge in [-0.05, 0) is 44.8 Å². The molecule has 1 aliphatic heterocycles. The zero-order valence-corrected chi connectivity index (χ0v) is 19.6. The van der Waals surface area contributed by atoms with Gasteiger partial charge in [-0.3, -0.25) is 0 Å². The summed E-state index contributed by atoms with van der Waals surface area (Å²) in [5.74, 6) is 0. The van der Waals surface area contributed by atoms with Crippen molar-refractivity contribution in [3.05, 3.63) is 97.1 Å². The lowest BCUT2D eigenvalue weighted by Gasteiger charge is -2.32. The number of nitrogens with zero attached hydrogens (tertiary/aromatic N) is 1. The van der Waals surface area contributed by atoms with Crippen LogP contribution in [0.15, 0.2) is 97.1 Å². The van der Waals surface area contributed by atoms with Crippen LogP contribution in [0.2, 0.25) is 0 Å². The fourth-order valence-electron chi connectivity index (χ4n) is 4.11. The van der Waals surface area contributed by atoms with Crippen molar-refractivity contribution in [2.24, 2.45) is 0 Å². The van der Waals surface area contributed by atoms with Crippen LogP contribution in [0.3, 0.4) is 0 Å². The molecule has 2 heterocycles. The van der Waals surface area contributed by atoms with Gasteiger partial charge in [0.25, 0.3) is 0 Å². The minimum atomic E-state index is -0.397. The lowest BCUT2D eigenvalue weighted by atomic mass is 9.77. The van der Waals surface area contributed by atoms with Crippen LogP contribution in [0.5, 0.6) is 0 Å². The van der Waals surface area contributed by atoms with Gasteiger partial charge in [0.1, 0.15) is 0 Å². The average molecular weight is 433 g/mol. The van der Waals surface area contributed by atoms with Gasteiger partial charge < -0.3 is 9.31 Å². The van der Waals surface area contributed by atoms with Gasteiger partial charge in [-0.2, -0.15) is 0 Å². The first-order valence-electron chi connectivity index (χ1n) is 11.4. The molecule has 164 valence electrons. The highest BCUT2D eigenvalue weighted by Crippen LogP contribution is 2.37. The van der Waals surface area contributed by atoms with Crippen molar-refractivity contribution in [1.82, 2.24) is 4.98 Å². The molecule has 1 aliphatic rings. The molecule has 0 radical (unpaired) electrons. The van der Waals surface area contributed by atoms with Crippen LogP contribution >= 0.6 is 0 Å². The van der Waals surface area contributed by atoms with Crippen LogP contribution in [-0.2, 0) is 9.31 Å². The fourth-order valence-corrected chi connectivity index (χ4v) is 4.11. The summed E-state index contributed by atoms with van der Waals surface area (Å²) >= 11 is 0. The van der Waals surface area contributed by atoms with Crippen molar-refractivity contribution in [2.45, 2.75) is 38.9 Å². The van der Waals surface area contributed by atoms with Crippen molar-refractivity contribution < 1.29 is 9.31 Å². The standard InChI is InChI=1S/C29H28BNO2/c1-28(2)29(3,4)33-30(32-28)24-17-11-16-23(20-24)25-18-19-26(21-12-7-5-8-13-21)31-27(25)22-14-9-6-10-15-22/h5-20H,1-4H3. The van der Waals surface area contributed by atoms with Crippen LogP contribution in [0.1, 0.15) is 27.7 Å². The summed E-state index contributed by atoms with van der Waals surface area (Å²) < 4.78 is 12.6. The Labute approximate surface area is 196 Å². The number of rotatable bonds is 4. The number of hydrogen-bond donors (Lipinski definition) is 0. The Balaban J connectivity index is 1.59. The first kappa shape index (κ1) is 21.6. The van der Waals surface area contributed by atoms with Crippen LogP contribution in [0, 0.1) is 0 Å². The van der Waals surface area contributed by atoms with Gasteiger partial charge in [0.15, 0.2) is 0 Å². The van der Waals surface area contributed by atoms with E-state index in [1.165, 1.54) is 0 Å². The van der Waals surface area contributed by atoms with Crippen LogP contribution < -0.4 is 5.46 Å². The summed E-state index contributed by atoms with van der Waals surface area (Å²) in [5.41, 5.74) is 6.55. The van der Waals surface area contributed by atoms with Gasteiger partial charge in [0.05, 0.1) is 22.6 Å². The fraction of sp³-hybridized carbons (Fsp3) is 0.207. The van der Waals surface area contributed by atoms with Crippen LogP contribution in [0.25, 0.3) is 33.6 Å². The smallest absolute Gasteiger partial charge is 0.399 e. The molecule has 33 heavy (non-hydrogen) atoms.